The summed E-state index contributed by atoms with van der Waals surface area (Å²) in [5.41, 5.74) is 2.76. The van der Waals surface area contributed by atoms with E-state index in [9.17, 15) is 5.11 Å². The molecule has 0 bridgehead atoms. The highest BCUT2D eigenvalue weighted by molar-refractivity contribution is 5.26. The Morgan fingerprint density at radius 3 is 2.44 bits per heavy atom. The van der Waals surface area contributed by atoms with Crippen molar-refractivity contribution in [3.63, 3.8) is 0 Å². The van der Waals surface area contributed by atoms with Gasteiger partial charge in [-0.3, -0.25) is 0 Å². The Labute approximate surface area is 111 Å². The van der Waals surface area contributed by atoms with E-state index < -0.39 is 0 Å². The van der Waals surface area contributed by atoms with Crippen LogP contribution in [0.15, 0.2) is 24.3 Å². The highest BCUT2D eigenvalue weighted by Gasteiger charge is 2.10. The molecule has 0 aromatic heterocycles. The fourth-order valence-electron chi connectivity index (χ4n) is 2.05. The molecule has 0 saturated carbocycles. The first-order valence-corrected chi connectivity index (χ1v) is 6.96. The number of hydrogen-bond acceptors (Lipinski definition) is 2. The summed E-state index contributed by atoms with van der Waals surface area (Å²) in [6.07, 6.45) is 1.68. The van der Waals surface area contributed by atoms with Crippen LogP contribution in [-0.4, -0.2) is 23.8 Å². The number of hydrogen-bond donors (Lipinski definition) is 2. The molecular weight excluding hydrogens is 222 g/mol. The zero-order chi connectivity index (χ0) is 13.5. The molecule has 0 aliphatic carbocycles. The van der Waals surface area contributed by atoms with Crippen molar-refractivity contribution in [3.05, 3.63) is 35.4 Å². The van der Waals surface area contributed by atoms with Gasteiger partial charge in [-0.15, -0.1) is 0 Å². The Balaban J connectivity index is 2.30. The van der Waals surface area contributed by atoms with E-state index in [1.165, 1.54) is 11.1 Å². The van der Waals surface area contributed by atoms with E-state index in [0.717, 1.165) is 19.4 Å². The van der Waals surface area contributed by atoms with Crippen LogP contribution >= 0.6 is 0 Å². The largest absolute Gasteiger partial charge is 0.393 e. The van der Waals surface area contributed by atoms with Crippen LogP contribution in [0, 0.1) is 12.8 Å². The molecule has 0 fully saturated rings. The molecule has 0 aliphatic heterocycles. The Hall–Kier alpha value is -0.860. The second-order valence-corrected chi connectivity index (χ2v) is 5.59. The zero-order valence-corrected chi connectivity index (χ0v) is 12.1. The summed E-state index contributed by atoms with van der Waals surface area (Å²) >= 11 is 0. The van der Waals surface area contributed by atoms with Crippen molar-refractivity contribution in [1.82, 2.24) is 5.32 Å². The van der Waals surface area contributed by atoms with E-state index >= 15 is 0 Å². The Morgan fingerprint density at radius 2 is 1.83 bits per heavy atom. The van der Waals surface area contributed by atoms with Gasteiger partial charge in [-0.1, -0.05) is 38.1 Å². The maximum Gasteiger partial charge on any atom is 0.0575 e. The second-order valence-electron chi connectivity index (χ2n) is 5.59. The number of aliphatic hydroxyl groups is 1. The highest BCUT2D eigenvalue weighted by Crippen LogP contribution is 2.10. The van der Waals surface area contributed by atoms with Crippen molar-refractivity contribution in [3.8, 4) is 0 Å². The first kappa shape index (κ1) is 15.2. The van der Waals surface area contributed by atoms with E-state index in [-0.39, 0.29) is 6.10 Å². The van der Waals surface area contributed by atoms with Gasteiger partial charge in [0.25, 0.3) is 0 Å². The lowest BCUT2D eigenvalue weighted by molar-refractivity contribution is 0.115. The molecule has 2 unspecified atom stereocenters. The summed E-state index contributed by atoms with van der Waals surface area (Å²) in [5, 5.41) is 13.2. The van der Waals surface area contributed by atoms with Crippen molar-refractivity contribution < 1.29 is 5.11 Å². The molecule has 0 aliphatic rings. The lowest BCUT2D eigenvalue weighted by Gasteiger charge is -2.18. The van der Waals surface area contributed by atoms with Gasteiger partial charge in [0.2, 0.25) is 0 Å². The van der Waals surface area contributed by atoms with E-state index in [0.29, 0.717) is 12.0 Å². The van der Waals surface area contributed by atoms with E-state index in [4.69, 9.17) is 0 Å². The van der Waals surface area contributed by atoms with E-state index in [1.54, 1.807) is 0 Å². The van der Waals surface area contributed by atoms with Gasteiger partial charge in [0.05, 0.1) is 6.10 Å². The summed E-state index contributed by atoms with van der Waals surface area (Å²) in [4.78, 5) is 0. The molecule has 2 nitrogen and oxygen atoms in total. The Morgan fingerprint density at radius 1 is 1.17 bits per heavy atom. The molecule has 18 heavy (non-hydrogen) atoms. The van der Waals surface area contributed by atoms with Crippen LogP contribution in [0.4, 0.5) is 0 Å². The van der Waals surface area contributed by atoms with Gasteiger partial charge in [0.1, 0.15) is 0 Å². The SMILES string of the molecule is Cc1ccccc1CC(C)NCCC(O)C(C)C. The minimum absolute atomic E-state index is 0.192. The summed E-state index contributed by atoms with van der Waals surface area (Å²) in [7, 11) is 0. The number of aryl methyl sites for hydroxylation is 1. The lowest BCUT2D eigenvalue weighted by atomic mass is 10.0. The summed E-state index contributed by atoms with van der Waals surface area (Å²) in [6, 6.07) is 8.97. The van der Waals surface area contributed by atoms with E-state index in [1.807, 2.05) is 0 Å². The Bertz CT molecular complexity index is 349. The molecule has 2 atom stereocenters. The van der Waals surface area contributed by atoms with Crippen molar-refractivity contribution in [2.45, 2.75) is 52.7 Å². The van der Waals surface area contributed by atoms with Crippen LogP contribution in [0.25, 0.3) is 0 Å². The van der Waals surface area contributed by atoms with Crippen LogP contribution in [0.3, 0.4) is 0 Å². The van der Waals surface area contributed by atoms with Crippen LogP contribution in [-0.2, 0) is 6.42 Å². The van der Waals surface area contributed by atoms with Gasteiger partial charge in [-0.2, -0.15) is 0 Å². The maximum atomic E-state index is 9.73. The average molecular weight is 249 g/mol. The third-order valence-electron chi connectivity index (χ3n) is 3.49. The molecule has 2 N–H and O–H groups in total. The first-order valence-electron chi connectivity index (χ1n) is 6.96. The average Bonchev–Trinajstić information content (AvgIpc) is 2.32. The standard InChI is InChI=1S/C16H27NO/c1-12(2)16(18)9-10-17-14(4)11-15-8-6-5-7-13(15)3/h5-8,12,14,16-18H,9-11H2,1-4H3. The second kappa shape index (κ2) is 7.55. The molecule has 1 aromatic carbocycles. The van der Waals surface area contributed by atoms with Gasteiger partial charge in [0, 0.05) is 6.04 Å². The summed E-state index contributed by atoms with van der Waals surface area (Å²) in [6.45, 7) is 9.36. The number of rotatable bonds is 7. The smallest absolute Gasteiger partial charge is 0.0575 e. The van der Waals surface area contributed by atoms with Crippen molar-refractivity contribution in [2.75, 3.05) is 6.54 Å². The minimum atomic E-state index is -0.192. The van der Waals surface area contributed by atoms with Crippen LogP contribution in [0.5, 0.6) is 0 Å². The zero-order valence-electron chi connectivity index (χ0n) is 12.1. The maximum absolute atomic E-state index is 9.73. The summed E-state index contributed by atoms with van der Waals surface area (Å²) in [5.74, 6) is 0.346. The predicted molar refractivity (Wildman–Crippen MR) is 77.8 cm³/mol. The third-order valence-corrected chi connectivity index (χ3v) is 3.49. The third kappa shape index (κ3) is 5.19. The first-order chi connectivity index (χ1) is 8.50. The molecule has 1 aromatic rings. The normalized spacial score (nSPS) is 14.8. The van der Waals surface area contributed by atoms with Gasteiger partial charge in [-0.05, 0) is 50.3 Å². The number of aliphatic hydroxyl groups excluding tert-OH is 1. The Kier molecular flexibility index (Phi) is 6.37. The molecule has 2 heteroatoms. The fourth-order valence-corrected chi connectivity index (χ4v) is 2.05. The fraction of sp³-hybridized carbons (Fsp3) is 0.625. The van der Waals surface area contributed by atoms with Crippen molar-refractivity contribution in [1.29, 1.82) is 0 Å². The van der Waals surface area contributed by atoms with E-state index in [2.05, 4.69) is 57.3 Å². The molecular formula is C16H27NO. The summed E-state index contributed by atoms with van der Waals surface area (Å²) < 4.78 is 0. The number of nitrogens with one attached hydrogen (secondary N) is 1. The molecule has 102 valence electrons. The highest BCUT2D eigenvalue weighted by atomic mass is 16.3. The van der Waals surface area contributed by atoms with Crippen LogP contribution in [0.2, 0.25) is 0 Å². The molecule has 0 amide bonds. The molecule has 0 spiro atoms. The van der Waals surface area contributed by atoms with Crippen LogP contribution in [0.1, 0.15) is 38.3 Å². The lowest BCUT2D eigenvalue weighted by Crippen LogP contribution is -2.32. The molecule has 0 heterocycles. The quantitative estimate of drug-likeness (QED) is 0.779. The predicted octanol–water partition coefficient (Wildman–Crippen LogP) is 2.92. The molecule has 0 radical (unpaired) electrons. The van der Waals surface area contributed by atoms with Gasteiger partial charge >= 0.3 is 0 Å². The number of benzene rings is 1. The van der Waals surface area contributed by atoms with Crippen molar-refractivity contribution >= 4 is 0 Å². The molecule has 1 rings (SSSR count). The topological polar surface area (TPSA) is 32.3 Å². The van der Waals surface area contributed by atoms with Gasteiger partial charge in [-0.25, -0.2) is 0 Å². The van der Waals surface area contributed by atoms with Gasteiger partial charge in [0.15, 0.2) is 0 Å². The minimum Gasteiger partial charge on any atom is -0.393 e. The van der Waals surface area contributed by atoms with Gasteiger partial charge < -0.3 is 10.4 Å². The molecule has 0 saturated heterocycles. The monoisotopic (exact) mass is 249 g/mol. The van der Waals surface area contributed by atoms with Crippen molar-refractivity contribution in [2.24, 2.45) is 5.92 Å². The van der Waals surface area contributed by atoms with Crippen LogP contribution < -0.4 is 5.32 Å².